The fourth-order valence-electron chi connectivity index (χ4n) is 4.38. The van der Waals surface area contributed by atoms with Crippen LogP contribution in [0.25, 0.3) is 22.8 Å². The number of nitrogens with zero attached hydrogens (tertiary/aromatic N) is 4. The van der Waals surface area contributed by atoms with Crippen molar-refractivity contribution in [2.45, 2.75) is 64.2 Å². The van der Waals surface area contributed by atoms with E-state index in [1.807, 2.05) is 24.3 Å². The number of hydrogen-bond acceptors (Lipinski definition) is 8. The predicted octanol–water partition coefficient (Wildman–Crippen LogP) is 4.11. The van der Waals surface area contributed by atoms with Crippen LogP contribution < -0.4 is 0 Å². The molecule has 0 spiro atoms. The van der Waals surface area contributed by atoms with E-state index in [2.05, 4.69) is 19.9 Å². The van der Waals surface area contributed by atoms with Gasteiger partial charge in [-0.1, -0.05) is 42.6 Å². The first-order valence-corrected chi connectivity index (χ1v) is 11.9. The molecule has 3 aromatic rings. The van der Waals surface area contributed by atoms with Crippen molar-refractivity contribution in [3.8, 4) is 22.8 Å². The Morgan fingerprint density at radius 3 is 2.88 bits per heavy atom. The number of methoxy groups -OCH3 is 1. The molecule has 0 radical (unpaired) electrons. The van der Waals surface area contributed by atoms with Gasteiger partial charge in [-0.2, -0.15) is 10.1 Å². The number of aliphatic hydroxyl groups excluding tert-OH is 1. The van der Waals surface area contributed by atoms with Gasteiger partial charge in [-0.05, 0) is 30.9 Å². The molecular weight excluding hydrogens is 436 g/mol. The molecule has 0 aliphatic heterocycles. The van der Waals surface area contributed by atoms with Crippen molar-refractivity contribution in [1.29, 1.82) is 0 Å². The van der Waals surface area contributed by atoms with E-state index in [9.17, 15) is 4.79 Å². The summed E-state index contributed by atoms with van der Waals surface area (Å²) in [6.45, 7) is 0.886. The molecule has 182 valence electrons. The Morgan fingerprint density at radius 2 is 2.09 bits per heavy atom. The van der Waals surface area contributed by atoms with Crippen LogP contribution in [0, 0.1) is 0 Å². The number of rotatable bonds is 12. The highest BCUT2D eigenvalue weighted by molar-refractivity contribution is 5.79. The van der Waals surface area contributed by atoms with E-state index in [1.165, 1.54) is 19.3 Å². The summed E-state index contributed by atoms with van der Waals surface area (Å²) in [6.07, 6.45) is 8.68. The zero-order chi connectivity index (χ0) is 23.8. The van der Waals surface area contributed by atoms with Gasteiger partial charge in [-0.3, -0.25) is 9.48 Å². The fraction of sp³-hybridized carbons (Fsp3) is 0.520. The van der Waals surface area contributed by atoms with Crippen molar-refractivity contribution in [2.75, 3.05) is 20.3 Å². The lowest BCUT2D eigenvalue weighted by Crippen LogP contribution is -2.17. The second-order valence-electron chi connectivity index (χ2n) is 8.65. The summed E-state index contributed by atoms with van der Waals surface area (Å²) >= 11 is 0. The first kappa shape index (κ1) is 24.3. The maximum Gasteiger partial charge on any atom is 0.261 e. The molecule has 9 heteroatoms. The summed E-state index contributed by atoms with van der Waals surface area (Å²) in [4.78, 5) is 15.8. The van der Waals surface area contributed by atoms with E-state index >= 15 is 0 Å². The van der Waals surface area contributed by atoms with Crippen LogP contribution in [0.5, 0.6) is 0 Å². The van der Waals surface area contributed by atoms with Crippen LogP contribution in [0.1, 0.15) is 62.2 Å². The lowest BCUT2D eigenvalue weighted by Gasteiger charge is -2.24. The topological polar surface area (TPSA) is 112 Å². The Morgan fingerprint density at radius 1 is 1.24 bits per heavy atom. The van der Waals surface area contributed by atoms with Crippen LogP contribution in [0.15, 0.2) is 35.0 Å². The molecule has 0 bridgehead atoms. The molecule has 34 heavy (non-hydrogen) atoms. The molecule has 9 nitrogen and oxygen atoms in total. The first-order valence-electron chi connectivity index (χ1n) is 11.9. The molecular formula is C25H32N4O5. The van der Waals surface area contributed by atoms with Crippen LogP contribution >= 0.6 is 0 Å². The first-order chi connectivity index (χ1) is 16.7. The number of ketones is 1. The number of ether oxygens (including phenoxy) is 2. The zero-order valence-electron chi connectivity index (χ0n) is 19.6. The highest BCUT2D eigenvalue weighted by atomic mass is 16.5. The fourth-order valence-corrected chi connectivity index (χ4v) is 4.38. The van der Waals surface area contributed by atoms with Crippen molar-refractivity contribution in [1.82, 2.24) is 19.9 Å². The third-order valence-electron chi connectivity index (χ3n) is 6.13. The van der Waals surface area contributed by atoms with Crippen molar-refractivity contribution >= 4 is 5.78 Å². The van der Waals surface area contributed by atoms with Crippen molar-refractivity contribution in [3.05, 3.63) is 41.7 Å². The van der Waals surface area contributed by atoms with Gasteiger partial charge in [-0.15, -0.1) is 0 Å². The Hall–Kier alpha value is -2.88. The Kier molecular flexibility index (Phi) is 8.56. The van der Waals surface area contributed by atoms with Crippen molar-refractivity contribution < 1.29 is 23.9 Å². The van der Waals surface area contributed by atoms with Crippen LogP contribution in [0.4, 0.5) is 0 Å². The van der Waals surface area contributed by atoms with Crippen LogP contribution in [0.3, 0.4) is 0 Å². The minimum absolute atomic E-state index is 0.170. The predicted molar refractivity (Wildman–Crippen MR) is 125 cm³/mol. The minimum atomic E-state index is -0.414. The number of Topliss-reactive ketones (excluding diaryl/α,β-unsaturated/α-hetero) is 1. The maximum absolute atomic E-state index is 11.1. The quantitative estimate of drug-likeness (QED) is 0.395. The van der Waals surface area contributed by atoms with Gasteiger partial charge in [0, 0.05) is 25.7 Å². The molecule has 0 unspecified atom stereocenters. The molecule has 2 heterocycles. The van der Waals surface area contributed by atoms with Crippen LogP contribution in [-0.2, 0) is 27.5 Å². The SMILES string of the molecule is COCc1c(-c2nc(-c3cccc(COCCCC(=O)CO)c3)no2)cnn1C1CCCCC1. The maximum atomic E-state index is 11.1. The third kappa shape index (κ3) is 5.97. The second kappa shape index (κ2) is 12.0. The van der Waals surface area contributed by atoms with E-state index in [0.29, 0.717) is 50.4 Å². The van der Waals surface area contributed by atoms with E-state index in [0.717, 1.165) is 35.2 Å². The summed E-state index contributed by atoms with van der Waals surface area (Å²) in [5, 5.41) is 17.6. The van der Waals surface area contributed by atoms with E-state index < -0.39 is 6.61 Å². The molecule has 2 aromatic heterocycles. The van der Waals surface area contributed by atoms with Crippen LogP contribution in [0.2, 0.25) is 0 Å². The van der Waals surface area contributed by atoms with Gasteiger partial charge in [0.25, 0.3) is 5.89 Å². The highest BCUT2D eigenvalue weighted by Crippen LogP contribution is 2.33. The number of carbonyl (C=O) groups is 1. The standard InChI is InChI=1S/C25H32N4O5/c1-32-17-23-22(14-26-29(23)20-9-3-2-4-10-20)25-27-24(28-34-25)19-8-5-7-18(13-19)16-33-12-6-11-21(31)15-30/h5,7-8,13-14,20,30H,2-4,6,9-12,15-17H2,1H3. The van der Waals surface area contributed by atoms with Gasteiger partial charge in [0.15, 0.2) is 5.78 Å². The van der Waals surface area contributed by atoms with Gasteiger partial charge >= 0.3 is 0 Å². The van der Waals surface area contributed by atoms with Gasteiger partial charge in [0.2, 0.25) is 5.82 Å². The van der Waals surface area contributed by atoms with E-state index in [1.54, 1.807) is 13.3 Å². The van der Waals surface area contributed by atoms with Gasteiger partial charge in [0.05, 0.1) is 36.7 Å². The minimum Gasteiger partial charge on any atom is -0.389 e. The molecule has 1 aliphatic rings. The molecule has 0 atom stereocenters. The number of aromatic nitrogens is 4. The molecule has 1 saturated carbocycles. The Labute approximate surface area is 199 Å². The Bertz CT molecular complexity index is 1070. The summed E-state index contributed by atoms with van der Waals surface area (Å²) < 4.78 is 18.8. The molecule has 1 fully saturated rings. The largest absolute Gasteiger partial charge is 0.389 e. The monoisotopic (exact) mass is 468 g/mol. The van der Waals surface area contributed by atoms with E-state index in [-0.39, 0.29) is 5.78 Å². The van der Waals surface area contributed by atoms with E-state index in [4.69, 9.17) is 19.1 Å². The molecule has 1 aromatic carbocycles. The van der Waals surface area contributed by atoms with Crippen LogP contribution in [-0.4, -0.2) is 51.1 Å². The molecule has 4 rings (SSSR count). The van der Waals surface area contributed by atoms with Gasteiger partial charge in [0.1, 0.15) is 6.61 Å². The summed E-state index contributed by atoms with van der Waals surface area (Å²) in [6, 6.07) is 8.17. The average Bonchev–Trinajstić information content (AvgIpc) is 3.52. The molecule has 1 N–H and O–H groups in total. The number of hydrogen-bond donors (Lipinski definition) is 1. The third-order valence-corrected chi connectivity index (χ3v) is 6.13. The normalized spacial score (nSPS) is 14.5. The molecule has 0 saturated heterocycles. The number of aliphatic hydroxyl groups is 1. The summed E-state index contributed by atoms with van der Waals surface area (Å²) in [5.74, 6) is 0.759. The summed E-state index contributed by atoms with van der Waals surface area (Å²) in [7, 11) is 1.68. The lowest BCUT2D eigenvalue weighted by molar-refractivity contribution is -0.122. The van der Waals surface area contributed by atoms with Crippen molar-refractivity contribution in [3.63, 3.8) is 0 Å². The number of carbonyl (C=O) groups excluding carboxylic acids is 1. The second-order valence-corrected chi connectivity index (χ2v) is 8.65. The lowest BCUT2D eigenvalue weighted by atomic mass is 9.95. The zero-order valence-corrected chi connectivity index (χ0v) is 19.6. The molecule has 0 amide bonds. The van der Waals surface area contributed by atoms with Crippen molar-refractivity contribution in [2.24, 2.45) is 0 Å². The molecule has 1 aliphatic carbocycles. The van der Waals surface area contributed by atoms with Gasteiger partial charge in [-0.25, -0.2) is 0 Å². The Balaban J connectivity index is 1.45. The smallest absolute Gasteiger partial charge is 0.261 e. The average molecular weight is 469 g/mol. The van der Waals surface area contributed by atoms with Gasteiger partial charge < -0.3 is 19.1 Å². The summed E-state index contributed by atoms with van der Waals surface area (Å²) in [5.41, 5.74) is 3.58. The number of benzene rings is 1. The highest BCUT2D eigenvalue weighted by Gasteiger charge is 2.24.